The van der Waals surface area contributed by atoms with Crippen molar-refractivity contribution in [3.8, 4) is 17.1 Å². The normalized spacial score (nSPS) is 11.7. The fourth-order valence-corrected chi connectivity index (χ4v) is 4.11. The summed E-state index contributed by atoms with van der Waals surface area (Å²) in [6.45, 7) is 0. The van der Waals surface area contributed by atoms with Gasteiger partial charge in [-0.15, -0.1) is 0 Å². The zero-order valence-corrected chi connectivity index (χ0v) is 19.6. The van der Waals surface area contributed by atoms with Gasteiger partial charge in [-0.3, -0.25) is 19.3 Å². The number of nitrogen functional groups attached to an aromatic ring is 1. The van der Waals surface area contributed by atoms with Crippen molar-refractivity contribution in [2.45, 2.75) is 6.18 Å². The van der Waals surface area contributed by atoms with Gasteiger partial charge in [0.25, 0.3) is 11.5 Å². The summed E-state index contributed by atoms with van der Waals surface area (Å²) >= 11 is 6.28. The number of carbonyl (C=O) groups is 1. The van der Waals surface area contributed by atoms with Crippen molar-refractivity contribution in [2.75, 3.05) is 11.1 Å². The van der Waals surface area contributed by atoms with Gasteiger partial charge in [-0.05, 0) is 24.3 Å². The standard InChI is InChI=1S/C23H16ClF3N8O2/c1-34-18(28)8-16(33-34)19-15(24)7-11(9-30-19)32-22(37)14-10-31-35(20(14)23(25,26)27)17-4-2-3-13-12(17)5-6-29-21(13)36/h2-10H,28H2,1H3,(H,29,36)(H,32,37). The Balaban J connectivity index is 1.52. The van der Waals surface area contributed by atoms with E-state index in [2.05, 4.69) is 25.5 Å². The van der Waals surface area contributed by atoms with Crippen LogP contribution in [-0.2, 0) is 13.2 Å². The largest absolute Gasteiger partial charge is 0.434 e. The Hall–Kier alpha value is -4.65. The first kappa shape index (κ1) is 24.1. The lowest BCUT2D eigenvalue weighted by Crippen LogP contribution is -2.21. The maximum Gasteiger partial charge on any atom is 0.434 e. The molecular formula is C23H16ClF3N8O2. The van der Waals surface area contributed by atoms with Gasteiger partial charge in [0, 0.05) is 30.1 Å². The van der Waals surface area contributed by atoms with E-state index in [1.54, 1.807) is 13.1 Å². The zero-order chi connectivity index (χ0) is 26.5. The van der Waals surface area contributed by atoms with Crippen LogP contribution in [0.2, 0.25) is 5.02 Å². The summed E-state index contributed by atoms with van der Waals surface area (Å²) in [5, 5.41) is 10.9. The number of amides is 1. The zero-order valence-electron chi connectivity index (χ0n) is 18.8. The molecule has 0 bridgehead atoms. The minimum atomic E-state index is -4.95. The Morgan fingerprint density at radius 1 is 1.16 bits per heavy atom. The number of nitrogens with two attached hydrogens (primary N) is 1. The molecule has 14 heteroatoms. The Bertz CT molecular complexity index is 1720. The molecule has 188 valence electrons. The van der Waals surface area contributed by atoms with Gasteiger partial charge in [-0.2, -0.15) is 23.4 Å². The fourth-order valence-electron chi connectivity index (χ4n) is 3.85. The molecule has 0 fully saturated rings. The van der Waals surface area contributed by atoms with Crippen molar-refractivity contribution >= 4 is 39.8 Å². The van der Waals surface area contributed by atoms with E-state index in [1.807, 2.05) is 0 Å². The number of aryl methyl sites for hydroxylation is 1. The maximum atomic E-state index is 14.2. The predicted molar refractivity (Wildman–Crippen MR) is 131 cm³/mol. The summed E-state index contributed by atoms with van der Waals surface area (Å²) < 4.78 is 44.6. The number of hydrogen-bond donors (Lipinski definition) is 3. The lowest BCUT2D eigenvalue weighted by atomic mass is 10.1. The number of hydrogen-bond acceptors (Lipinski definition) is 6. The van der Waals surface area contributed by atoms with E-state index in [0.29, 0.717) is 16.2 Å². The summed E-state index contributed by atoms with van der Waals surface area (Å²) in [7, 11) is 1.63. The number of pyridine rings is 2. The number of aromatic amines is 1. The van der Waals surface area contributed by atoms with Crippen LogP contribution in [-0.4, -0.2) is 35.4 Å². The van der Waals surface area contributed by atoms with Crippen LogP contribution in [0.5, 0.6) is 0 Å². The number of halogens is 4. The fraction of sp³-hybridized carbons (Fsp3) is 0.0870. The Morgan fingerprint density at radius 2 is 1.95 bits per heavy atom. The van der Waals surface area contributed by atoms with Crippen molar-refractivity contribution in [2.24, 2.45) is 7.05 Å². The van der Waals surface area contributed by atoms with Crippen molar-refractivity contribution in [1.29, 1.82) is 0 Å². The number of H-pyrrole nitrogens is 1. The molecule has 0 saturated heterocycles. The first-order valence-corrected chi connectivity index (χ1v) is 10.9. The SMILES string of the molecule is Cn1nc(-c2ncc(NC(=O)c3cnn(-c4cccc5c(=O)[nH]ccc45)c3C(F)(F)F)cc2Cl)cc1N. The molecule has 0 aliphatic heterocycles. The Labute approximate surface area is 210 Å². The molecule has 4 heterocycles. The number of nitrogens with zero attached hydrogens (tertiary/aromatic N) is 5. The average Bonchev–Trinajstić information content (AvgIpc) is 3.43. The summed E-state index contributed by atoms with van der Waals surface area (Å²) in [6.07, 6.45) is -1.59. The smallest absolute Gasteiger partial charge is 0.384 e. The van der Waals surface area contributed by atoms with E-state index in [9.17, 15) is 22.8 Å². The third kappa shape index (κ3) is 4.29. The van der Waals surface area contributed by atoms with Crippen LogP contribution in [0.3, 0.4) is 0 Å². The third-order valence-electron chi connectivity index (χ3n) is 5.56. The Kier molecular flexibility index (Phi) is 5.71. The topological polar surface area (TPSA) is 137 Å². The molecule has 1 amide bonds. The van der Waals surface area contributed by atoms with Gasteiger partial charge >= 0.3 is 6.18 Å². The van der Waals surface area contributed by atoms with Crippen LogP contribution in [0.4, 0.5) is 24.7 Å². The Morgan fingerprint density at radius 3 is 2.62 bits per heavy atom. The second-order valence-corrected chi connectivity index (χ2v) is 8.36. The highest BCUT2D eigenvalue weighted by Gasteiger charge is 2.41. The average molecular weight is 529 g/mol. The monoisotopic (exact) mass is 528 g/mol. The molecule has 37 heavy (non-hydrogen) atoms. The molecule has 4 N–H and O–H groups in total. The van der Waals surface area contributed by atoms with Gasteiger partial charge in [-0.1, -0.05) is 17.7 Å². The molecule has 0 spiro atoms. The molecule has 10 nitrogen and oxygen atoms in total. The second kappa shape index (κ2) is 8.78. The number of alkyl halides is 3. The molecule has 4 aromatic heterocycles. The van der Waals surface area contributed by atoms with Crippen LogP contribution in [0.15, 0.2) is 59.8 Å². The van der Waals surface area contributed by atoms with Gasteiger partial charge in [-0.25, -0.2) is 4.68 Å². The lowest BCUT2D eigenvalue weighted by molar-refractivity contribution is -0.143. The minimum absolute atomic E-state index is 0.0151. The van der Waals surface area contributed by atoms with Crippen LogP contribution in [0.25, 0.3) is 27.8 Å². The number of fused-ring (bicyclic) bond motifs is 1. The van der Waals surface area contributed by atoms with E-state index in [4.69, 9.17) is 17.3 Å². The minimum Gasteiger partial charge on any atom is -0.384 e. The predicted octanol–water partition coefficient (Wildman–Crippen LogP) is 4.02. The highest BCUT2D eigenvalue weighted by molar-refractivity contribution is 6.33. The summed E-state index contributed by atoms with van der Waals surface area (Å²) in [6, 6.07) is 8.62. The number of anilines is 2. The van der Waals surface area contributed by atoms with E-state index in [0.717, 1.165) is 6.20 Å². The van der Waals surface area contributed by atoms with Crippen molar-refractivity contribution in [1.82, 2.24) is 29.5 Å². The quantitative estimate of drug-likeness (QED) is 0.322. The first-order chi connectivity index (χ1) is 17.5. The lowest BCUT2D eigenvalue weighted by Gasteiger charge is -2.14. The van der Waals surface area contributed by atoms with Gasteiger partial charge in [0.15, 0.2) is 5.69 Å². The summed E-state index contributed by atoms with van der Waals surface area (Å²) in [4.78, 5) is 31.7. The molecule has 5 rings (SSSR count). The number of rotatable bonds is 4. The number of carbonyl (C=O) groups excluding carboxylic acids is 1. The first-order valence-electron chi connectivity index (χ1n) is 10.6. The number of aromatic nitrogens is 6. The van der Waals surface area contributed by atoms with Crippen LogP contribution in [0.1, 0.15) is 16.1 Å². The molecule has 0 aliphatic carbocycles. The maximum absolute atomic E-state index is 14.2. The van der Waals surface area contributed by atoms with Crippen LogP contribution >= 0.6 is 11.6 Å². The van der Waals surface area contributed by atoms with Crippen LogP contribution in [0, 0.1) is 0 Å². The van der Waals surface area contributed by atoms with Crippen molar-refractivity contribution < 1.29 is 18.0 Å². The van der Waals surface area contributed by atoms with E-state index >= 15 is 0 Å². The third-order valence-corrected chi connectivity index (χ3v) is 5.85. The molecule has 0 saturated carbocycles. The van der Waals surface area contributed by atoms with E-state index in [-0.39, 0.29) is 32.9 Å². The molecule has 0 unspecified atom stereocenters. The molecule has 0 aliphatic rings. The highest BCUT2D eigenvalue weighted by atomic mass is 35.5. The number of nitrogens with one attached hydrogen (secondary N) is 2. The van der Waals surface area contributed by atoms with Gasteiger partial charge in [0.2, 0.25) is 0 Å². The molecule has 5 aromatic rings. The van der Waals surface area contributed by atoms with Gasteiger partial charge in [0.05, 0.1) is 34.4 Å². The summed E-state index contributed by atoms with van der Waals surface area (Å²) in [5.41, 5.74) is 3.97. The summed E-state index contributed by atoms with van der Waals surface area (Å²) in [5.74, 6) is -0.706. The van der Waals surface area contributed by atoms with Crippen molar-refractivity contribution in [3.63, 3.8) is 0 Å². The molecule has 1 aromatic carbocycles. The second-order valence-electron chi connectivity index (χ2n) is 7.95. The number of benzene rings is 1. The highest BCUT2D eigenvalue weighted by Crippen LogP contribution is 2.35. The molecule has 0 atom stereocenters. The van der Waals surface area contributed by atoms with E-state index < -0.39 is 28.9 Å². The van der Waals surface area contributed by atoms with Crippen molar-refractivity contribution in [3.05, 3.63) is 81.6 Å². The molecular weight excluding hydrogens is 513 g/mol. The van der Waals surface area contributed by atoms with Gasteiger partial charge < -0.3 is 16.0 Å². The van der Waals surface area contributed by atoms with Crippen LogP contribution < -0.4 is 16.6 Å². The molecule has 0 radical (unpaired) electrons. The van der Waals surface area contributed by atoms with E-state index in [1.165, 1.54) is 47.4 Å². The van der Waals surface area contributed by atoms with Gasteiger partial charge in [0.1, 0.15) is 17.2 Å².